The largest absolute Gasteiger partial charge is 0.478 e. The number of rotatable bonds is 4. The summed E-state index contributed by atoms with van der Waals surface area (Å²) in [6.07, 6.45) is 8.71. The minimum atomic E-state index is -0.921. The molecule has 1 atom stereocenters. The number of nitrogens with zero attached hydrogens (tertiary/aromatic N) is 3. The van der Waals surface area contributed by atoms with E-state index < -0.39 is 5.97 Å². The zero-order valence-electron chi connectivity index (χ0n) is 20.2. The third-order valence-electron chi connectivity index (χ3n) is 7.39. The molecular weight excluding hydrogens is 438 g/mol. The molecule has 0 fully saturated rings. The number of para-hydroxylation sites is 1. The summed E-state index contributed by atoms with van der Waals surface area (Å²) in [6, 6.07) is 16.9. The summed E-state index contributed by atoms with van der Waals surface area (Å²) in [5, 5.41) is 13.6. The van der Waals surface area contributed by atoms with Crippen LogP contribution >= 0.6 is 0 Å². The van der Waals surface area contributed by atoms with E-state index in [-0.39, 0.29) is 22.3 Å². The number of hydrogen-bond acceptors (Lipinski definition) is 3. The van der Waals surface area contributed by atoms with Gasteiger partial charge in [-0.2, -0.15) is 5.10 Å². The second-order valence-corrected chi connectivity index (χ2v) is 10.2. The third-order valence-corrected chi connectivity index (χ3v) is 7.39. The molecule has 0 bridgehead atoms. The average molecular weight is 468 g/mol. The van der Waals surface area contributed by atoms with E-state index in [4.69, 9.17) is 0 Å². The number of fused-ring (bicyclic) bond motifs is 1. The molecule has 35 heavy (non-hydrogen) atoms. The molecule has 2 aliphatic rings. The maximum atomic E-state index is 13.4. The predicted octanol–water partition coefficient (Wildman–Crippen LogP) is 5.47. The summed E-state index contributed by atoms with van der Waals surface area (Å²) in [6.45, 7) is 7.85. The van der Waals surface area contributed by atoms with E-state index in [0.717, 1.165) is 17.7 Å². The third kappa shape index (κ3) is 3.99. The number of aromatic nitrogens is 2. The highest BCUT2D eigenvalue weighted by atomic mass is 16.4. The Hall–Kier alpha value is -3.93. The molecule has 1 aromatic heterocycles. The molecule has 178 valence electrons. The first kappa shape index (κ1) is 22.8. The SMILES string of the molecule is CC1(C)C(c2ccc(C(=O)O)cc2)=CC[C@]2(C)CN(C(=O)c3cnn(-c4ccccc4)c3)CC=C12. The molecule has 1 aliphatic carbocycles. The van der Waals surface area contributed by atoms with Crippen molar-refractivity contribution >= 4 is 17.4 Å². The number of allylic oxidation sites excluding steroid dienone is 2. The van der Waals surface area contributed by atoms with Gasteiger partial charge in [0.2, 0.25) is 0 Å². The zero-order valence-corrected chi connectivity index (χ0v) is 20.2. The molecular formula is C29H29N3O3. The van der Waals surface area contributed by atoms with Crippen molar-refractivity contribution in [2.24, 2.45) is 10.8 Å². The Labute approximate surface area is 205 Å². The molecule has 6 nitrogen and oxygen atoms in total. The quantitative estimate of drug-likeness (QED) is 0.516. The van der Waals surface area contributed by atoms with Gasteiger partial charge in [-0.25, -0.2) is 9.48 Å². The minimum Gasteiger partial charge on any atom is -0.478 e. The van der Waals surface area contributed by atoms with Crippen LogP contribution in [0.3, 0.4) is 0 Å². The molecule has 1 aliphatic heterocycles. The molecule has 0 saturated heterocycles. The average Bonchev–Trinajstić information content (AvgIpc) is 3.34. The number of carbonyl (C=O) groups is 2. The molecule has 0 spiro atoms. The van der Waals surface area contributed by atoms with Crippen molar-refractivity contribution < 1.29 is 14.7 Å². The van der Waals surface area contributed by atoms with Crippen molar-refractivity contribution in [2.75, 3.05) is 13.1 Å². The Balaban J connectivity index is 1.38. The molecule has 3 aromatic rings. The topological polar surface area (TPSA) is 75.4 Å². The van der Waals surface area contributed by atoms with Crippen LogP contribution in [0.4, 0.5) is 0 Å². The normalized spacial score (nSPS) is 21.1. The second kappa shape index (κ2) is 8.38. The van der Waals surface area contributed by atoms with Crippen LogP contribution in [0.5, 0.6) is 0 Å². The number of benzene rings is 2. The highest BCUT2D eigenvalue weighted by Gasteiger charge is 2.46. The maximum absolute atomic E-state index is 13.4. The first-order valence-corrected chi connectivity index (χ1v) is 11.8. The van der Waals surface area contributed by atoms with Crippen LogP contribution in [0.2, 0.25) is 0 Å². The molecule has 6 heteroatoms. The van der Waals surface area contributed by atoms with Gasteiger partial charge in [0.05, 0.1) is 23.0 Å². The van der Waals surface area contributed by atoms with Crippen LogP contribution in [0.1, 0.15) is 53.5 Å². The summed E-state index contributed by atoms with van der Waals surface area (Å²) in [7, 11) is 0. The van der Waals surface area contributed by atoms with Crippen LogP contribution in [-0.2, 0) is 0 Å². The number of carboxylic acid groups (broad SMARTS) is 1. The highest BCUT2D eigenvalue weighted by Crippen LogP contribution is 2.55. The van der Waals surface area contributed by atoms with E-state index in [0.29, 0.717) is 18.7 Å². The lowest BCUT2D eigenvalue weighted by Crippen LogP contribution is -2.48. The first-order chi connectivity index (χ1) is 16.7. The Kier molecular flexibility index (Phi) is 5.47. The van der Waals surface area contributed by atoms with Gasteiger partial charge < -0.3 is 10.0 Å². The number of hydrogen-bond donors (Lipinski definition) is 1. The van der Waals surface area contributed by atoms with E-state index >= 15 is 0 Å². The van der Waals surface area contributed by atoms with Gasteiger partial charge in [0.1, 0.15) is 0 Å². The lowest BCUT2D eigenvalue weighted by molar-refractivity contribution is 0.0678. The van der Waals surface area contributed by atoms with Crippen LogP contribution in [-0.4, -0.2) is 44.8 Å². The van der Waals surface area contributed by atoms with Crippen molar-refractivity contribution in [3.63, 3.8) is 0 Å². The van der Waals surface area contributed by atoms with Crippen molar-refractivity contribution in [2.45, 2.75) is 27.2 Å². The first-order valence-electron chi connectivity index (χ1n) is 11.8. The monoisotopic (exact) mass is 467 g/mol. The fourth-order valence-electron chi connectivity index (χ4n) is 5.69. The Morgan fingerprint density at radius 2 is 1.66 bits per heavy atom. The standard InChI is InChI=1S/C29H29N3O3/c1-28(2)24(20-9-11-21(12-10-20)27(34)35)13-15-29(3)19-31(16-14-25(28)29)26(33)22-17-30-32(18-22)23-7-5-4-6-8-23/h4-14,17-18H,15-16,19H2,1-3H3,(H,34,35)/t29-/m1/s1. The van der Waals surface area contributed by atoms with Gasteiger partial charge in [0, 0.05) is 30.1 Å². The van der Waals surface area contributed by atoms with Gasteiger partial charge in [0.15, 0.2) is 0 Å². The number of amides is 1. The molecule has 1 amide bonds. The van der Waals surface area contributed by atoms with Crippen LogP contribution in [0.25, 0.3) is 11.3 Å². The van der Waals surface area contributed by atoms with Gasteiger partial charge in [-0.1, -0.05) is 68.8 Å². The van der Waals surface area contributed by atoms with E-state index in [1.54, 1.807) is 29.2 Å². The van der Waals surface area contributed by atoms with Crippen molar-refractivity contribution in [1.29, 1.82) is 0 Å². The Bertz CT molecular complexity index is 1350. The Morgan fingerprint density at radius 3 is 2.34 bits per heavy atom. The molecule has 1 N–H and O–H groups in total. The summed E-state index contributed by atoms with van der Waals surface area (Å²) in [5.74, 6) is -0.935. The fourth-order valence-corrected chi connectivity index (χ4v) is 5.69. The second-order valence-electron chi connectivity index (χ2n) is 10.2. The fraction of sp³-hybridized carbons (Fsp3) is 0.276. The van der Waals surface area contributed by atoms with Gasteiger partial charge in [-0.05, 0) is 41.8 Å². The van der Waals surface area contributed by atoms with Crippen molar-refractivity contribution in [3.05, 3.63) is 101 Å². The van der Waals surface area contributed by atoms with Crippen LogP contribution < -0.4 is 0 Å². The van der Waals surface area contributed by atoms with Gasteiger partial charge in [0.25, 0.3) is 5.91 Å². The summed E-state index contributed by atoms with van der Waals surface area (Å²) >= 11 is 0. The molecule has 0 unspecified atom stereocenters. The highest BCUT2D eigenvalue weighted by molar-refractivity contribution is 5.94. The number of carbonyl (C=O) groups excluding carboxylic acids is 1. The van der Waals surface area contributed by atoms with Gasteiger partial charge in [-0.3, -0.25) is 4.79 Å². The summed E-state index contributed by atoms with van der Waals surface area (Å²) in [5.41, 5.74) is 4.95. The smallest absolute Gasteiger partial charge is 0.335 e. The molecule has 2 aromatic carbocycles. The lowest BCUT2D eigenvalue weighted by Gasteiger charge is -2.50. The molecule has 5 rings (SSSR count). The molecule has 0 radical (unpaired) electrons. The Morgan fingerprint density at radius 1 is 0.943 bits per heavy atom. The number of carboxylic acids is 1. The minimum absolute atomic E-state index is 0.0134. The summed E-state index contributed by atoms with van der Waals surface area (Å²) in [4.78, 5) is 26.5. The summed E-state index contributed by atoms with van der Waals surface area (Å²) < 4.78 is 1.73. The van der Waals surface area contributed by atoms with Crippen molar-refractivity contribution in [1.82, 2.24) is 14.7 Å². The van der Waals surface area contributed by atoms with Crippen molar-refractivity contribution in [3.8, 4) is 5.69 Å². The zero-order chi connectivity index (χ0) is 24.8. The predicted molar refractivity (Wildman–Crippen MR) is 135 cm³/mol. The van der Waals surface area contributed by atoms with E-state index in [9.17, 15) is 14.7 Å². The van der Waals surface area contributed by atoms with Gasteiger partial charge in [-0.15, -0.1) is 0 Å². The van der Waals surface area contributed by atoms with E-state index in [1.165, 1.54) is 11.1 Å². The van der Waals surface area contributed by atoms with E-state index in [2.05, 4.69) is 38.0 Å². The maximum Gasteiger partial charge on any atom is 0.335 e. The van der Waals surface area contributed by atoms with Crippen LogP contribution in [0, 0.1) is 10.8 Å². The number of aromatic carboxylic acids is 1. The van der Waals surface area contributed by atoms with E-state index in [1.807, 2.05) is 47.4 Å². The van der Waals surface area contributed by atoms with Gasteiger partial charge >= 0.3 is 5.97 Å². The lowest BCUT2D eigenvalue weighted by atomic mass is 9.58. The molecule has 0 saturated carbocycles. The van der Waals surface area contributed by atoms with Crippen LogP contribution in [0.15, 0.2) is 84.7 Å². The molecule has 2 heterocycles.